The van der Waals surface area contributed by atoms with E-state index < -0.39 is 0 Å². The summed E-state index contributed by atoms with van der Waals surface area (Å²) in [4.78, 5) is 5.52. The van der Waals surface area contributed by atoms with Crippen LogP contribution < -0.4 is 5.73 Å². The Morgan fingerprint density at radius 3 is 2.44 bits per heavy atom. The second kappa shape index (κ2) is 5.48. The molecular formula is C12H11BrN2S. The van der Waals surface area contributed by atoms with Crippen molar-refractivity contribution in [2.24, 2.45) is 5.73 Å². The molecule has 0 saturated carbocycles. The van der Waals surface area contributed by atoms with Crippen molar-refractivity contribution in [3.63, 3.8) is 0 Å². The van der Waals surface area contributed by atoms with E-state index in [2.05, 4.69) is 33.0 Å². The highest BCUT2D eigenvalue weighted by Gasteiger charge is 1.98. The average Bonchev–Trinajstić information content (AvgIpc) is 2.33. The van der Waals surface area contributed by atoms with Gasteiger partial charge in [-0.1, -0.05) is 33.8 Å². The van der Waals surface area contributed by atoms with Gasteiger partial charge in [0.1, 0.15) is 5.03 Å². The molecule has 2 aromatic rings. The lowest BCUT2D eigenvalue weighted by atomic mass is 10.3. The average molecular weight is 295 g/mol. The Hall–Kier alpha value is -0.840. The van der Waals surface area contributed by atoms with E-state index >= 15 is 0 Å². The lowest BCUT2D eigenvalue weighted by Gasteiger charge is -2.02. The summed E-state index contributed by atoms with van der Waals surface area (Å²) in [5.74, 6) is 0. The van der Waals surface area contributed by atoms with Gasteiger partial charge in [0.25, 0.3) is 0 Å². The van der Waals surface area contributed by atoms with Crippen LogP contribution in [-0.4, -0.2) is 4.98 Å². The van der Waals surface area contributed by atoms with E-state index in [1.807, 2.05) is 30.5 Å². The van der Waals surface area contributed by atoms with Crippen LogP contribution in [0, 0.1) is 0 Å². The Labute approximate surface area is 107 Å². The maximum atomic E-state index is 5.52. The minimum atomic E-state index is 0.538. The zero-order valence-electron chi connectivity index (χ0n) is 8.56. The molecule has 0 bridgehead atoms. The predicted molar refractivity (Wildman–Crippen MR) is 70.4 cm³/mol. The Kier molecular flexibility index (Phi) is 3.98. The molecule has 0 atom stereocenters. The number of nitrogens with zero attached hydrogens (tertiary/aromatic N) is 1. The molecule has 2 rings (SSSR count). The van der Waals surface area contributed by atoms with E-state index in [0.717, 1.165) is 15.1 Å². The molecule has 82 valence electrons. The minimum Gasteiger partial charge on any atom is -0.326 e. The Balaban J connectivity index is 2.11. The molecule has 1 aromatic carbocycles. The van der Waals surface area contributed by atoms with Gasteiger partial charge in [-0.3, -0.25) is 0 Å². The van der Waals surface area contributed by atoms with Crippen LogP contribution in [-0.2, 0) is 6.54 Å². The number of halogens is 1. The van der Waals surface area contributed by atoms with Gasteiger partial charge in [0.2, 0.25) is 0 Å². The van der Waals surface area contributed by atoms with Crippen LogP contribution in [0.5, 0.6) is 0 Å². The monoisotopic (exact) mass is 294 g/mol. The number of hydrogen-bond donors (Lipinski definition) is 1. The summed E-state index contributed by atoms with van der Waals surface area (Å²) in [6, 6.07) is 12.2. The van der Waals surface area contributed by atoms with Crippen LogP contribution in [0.25, 0.3) is 0 Å². The zero-order chi connectivity index (χ0) is 11.4. The summed E-state index contributed by atoms with van der Waals surface area (Å²) in [5, 5.41) is 0.986. The van der Waals surface area contributed by atoms with Crippen molar-refractivity contribution in [2.75, 3.05) is 0 Å². The summed E-state index contributed by atoms with van der Waals surface area (Å²) < 4.78 is 1.09. The molecule has 1 heterocycles. The van der Waals surface area contributed by atoms with Gasteiger partial charge in [-0.05, 0) is 35.9 Å². The number of aromatic nitrogens is 1. The lowest BCUT2D eigenvalue weighted by Crippen LogP contribution is -1.96. The molecule has 16 heavy (non-hydrogen) atoms. The van der Waals surface area contributed by atoms with E-state index in [-0.39, 0.29) is 0 Å². The maximum Gasteiger partial charge on any atom is 0.101 e. The molecular weight excluding hydrogens is 284 g/mol. The first-order chi connectivity index (χ1) is 7.78. The van der Waals surface area contributed by atoms with Crippen molar-refractivity contribution in [1.82, 2.24) is 4.98 Å². The second-order valence-corrected chi connectivity index (χ2v) is 5.27. The van der Waals surface area contributed by atoms with Gasteiger partial charge in [0.05, 0.1) is 0 Å². The fraction of sp³-hybridized carbons (Fsp3) is 0.0833. The molecule has 0 saturated heterocycles. The van der Waals surface area contributed by atoms with Crippen molar-refractivity contribution >= 4 is 27.7 Å². The zero-order valence-corrected chi connectivity index (χ0v) is 11.0. The third-order valence-corrected chi connectivity index (χ3v) is 3.56. The SMILES string of the molecule is NCc1ccc(Sc2ccc(Br)cc2)nc1. The van der Waals surface area contributed by atoms with E-state index in [1.165, 1.54) is 4.90 Å². The molecule has 0 spiro atoms. The van der Waals surface area contributed by atoms with Gasteiger partial charge in [-0.25, -0.2) is 4.98 Å². The quantitative estimate of drug-likeness (QED) is 0.942. The highest BCUT2D eigenvalue weighted by Crippen LogP contribution is 2.26. The van der Waals surface area contributed by atoms with Gasteiger partial charge < -0.3 is 5.73 Å². The van der Waals surface area contributed by atoms with E-state index in [0.29, 0.717) is 6.54 Å². The molecule has 4 heteroatoms. The molecule has 2 N–H and O–H groups in total. The third kappa shape index (κ3) is 3.07. The van der Waals surface area contributed by atoms with Crippen molar-refractivity contribution in [3.8, 4) is 0 Å². The van der Waals surface area contributed by atoms with Crippen molar-refractivity contribution in [1.29, 1.82) is 0 Å². The van der Waals surface area contributed by atoms with Crippen LogP contribution in [0.15, 0.2) is 57.0 Å². The van der Waals surface area contributed by atoms with Gasteiger partial charge in [-0.2, -0.15) is 0 Å². The Morgan fingerprint density at radius 1 is 1.12 bits per heavy atom. The van der Waals surface area contributed by atoms with Crippen LogP contribution in [0.4, 0.5) is 0 Å². The molecule has 1 aromatic heterocycles. The van der Waals surface area contributed by atoms with Crippen molar-refractivity contribution < 1.29 is 0 Å². The topological polar surface area (TPSA) is 38.9 Å². The Bertz CT molecular complexity index is 453. The van der Waals surface area contributed by atoms with Crippen LogP contribution in [0.2, 0.25) is 0 Å². The maximum absolute atomic E-state index is 5.52. The summed E-state index contributed by atoms with van der Waals surface area (Å²) in [5.41, 5.74) is 6.57. The van der Waals surface area contributed by atoms with Gasteiger partial charge in [-0.15, -0.1) is 0 Å². The Morgan fingerprint density at radius 2 is 1.88 bits per heavy atom. The van der Waals surface area contributed by atoms with Crippen LogP contribution in [0.1, 0.15) is 5.56 Å². The van der Waals surface area contributed by atoms with E-state index in [1.54, 1.807) is 11.8 Å². The fourth-order valence-electron chi connectivity index (χ4n) is 1.22. The molecule has 0 aliphatic heterocycles. The number of nitrogens with two attached hydrogens (primary N) is 1. The first kappa shape index (κ1) is 11.6. The van der Waals surface area contributed by atoms with Gasteiger partial charge >= 0.3 is 0 Å². The predicted octanol–water partition coefficient (Wildman–Crippen LogP) is 3.45. The number of pyridine rings is 1. The molecule has 0 amide bonds. The highest BCUT2D eigenvalue weighted by molar-refractivity contribution is 9.10. The number of hydrogen-bond acceptors (Lipinski definition) is 3. The molecule has 2 nitrogen and oxygen atoms in total. The number of benzene rings is 1. The normalized spacial score (nSPS) is 10.4. The standard InChI is InChI=1S/C12H11BrN2S/c13-10-2-4-11(5-3-10)16-12-6-1-9(7-14)8-15-12/h1-6,8H,7,14H2. The highest BCUT2D eigenvalue weighted by atomic mass is 79.9. The fourth-order valence-corrected chi connectivity index (χ4v) is 2.23. The van der Waals surface area contributed by atoms with E-state index in [4.69, 9.17) is 5.73 Å². The summed E-state index contributed by atoms with van der Waals surface area (Å²) in [6.07, 6.45) is 1.82. The summed E-state index contributed by atoms with van der Waals surface area (Å²) in [7, 11) is 0. The first-order valence-corrected chi connectivity index (χ1v) is 6.47. The largest absolute Gasteiger partial charge is 0.326 e. The molecule has 0 radical (unpaired) electrons. The second-order valence-electron chi connectivity index (χ2n) is 3.26. The minimum absolute atomic E-state index is 0.538. The molecule has 0 aliphatic carbocycles. The van der Waals surface area contributed by atoms with Crippen LogP contribution in [0.3, 0.4) is 0 Å². The van der Waals surface area contributed by atoms with Crippen molar-refractivity contribution in [3.05, 3.63) is 52.6 Å². The van der Waals surface area contributed by atoms with E-state index in [9.17, 15) is 0 Å². The third-order valence-electron chi connectivity index (χ3n) is 2.07. The first-order valence-electron chi connectivity index (χ1n) is 4.86. The smallest absolute Gasteiger partial charge is 0.101 e. The number of rotatable bonds is 3. The van der Waals surface area contributed by atoms with Gasteiger partial charge in [0.15, 0.2) is 0 Å². The molecule has 0 unspecified atom stereocenters. The molecule has 0 aliphatic rings. The van der Waals surface area contributed by atoms with Crippen molar-refractivity contribution in [2.45, 2.75) is 16.5 Å². The van der Waals surface area contributed by atoms with Crippen LogP contribution >= 0.6 is 27.7 Å². The molecule has 0 fully saturated rings. The summed E-state index contributed by atoms with van der Waals surface area (Å²) in [6.45, 7) is 0.538. The summed E-state index contributed by atoms with van der Waals surface area (Å²) >= 11 is 5.05. The van der Waals surface area contributed by atoms with Gasteiger partial charge in [0, 0.05) is 22.1 Å². The lowest BCUT2D eigenvalue weighted by molar-refractivity contribution is 1.01.